The van der Waals surface area contributed by atoms with E-state index in [1.807, 2.05) is 23.7 Å². The molecule has 0 aliphatic carbocycles. The number of benzene rings is 2. The summed E-state index contributed by atoms with van der Waals surface area (Å²) in [6.45, 7) is 0.893. The second kappa shape index (κ2) is 8.80. The van der Waals surface area contributed by atoms with Gasteiger partial charge < -0.3 is 14.6 Å². The smallest absolute Gasteiger partial charge is 0.261 e. The molecule has 1 N–H and O–H groups in total. The Morgan fingerprint density at radius 1 is 1.15 bits per heavy atom. The van der Waals surface area contributed by atoms with Gasteiger partial charge in [0.1, 0.15) is 6.33 Å². The number of imide groups is 1. The quantitative estimate of drug-likeness (QED) is 0.560. The van der Waals surface area contributed by atoms with Crippen molar-refractivity contribution in [1.82, 2.24) is 19.7 Å². The van der Waals surface area contributed by atoms with Gasteiger partial charge in [-0.1, -0.05) is 0 Å². The number of nitrogens with one attached hydrogen (secondary N) is 1. The van der Waals surface area contributed by atoms with E-state index in [1.165, 1.54) is 22.7 Å². The summed E-state index contributed by atoms with van der Waals surface area (Å²) in [5.41, 5.74) is 1.50. The van der Waals surface area contributed by atoms with Crippen LogP contribution in [0.25, 0.3) is 0 Å². The summed E-state index contributed by atoms with van der Waals surface area (Å²) < 4.78 is 7.38. The number of fused-ring (bicyclic) bond motifs is 1. The molecule has 9 nitrogen and oxygen atoms in total. The third-order valence-electron chi connectivity index (χ3n) is 5.63. The monoisotopic (exact) mass is 463 g/mol. The van der Waals surface area contributed by atoms with Crippen LogP contribution < -0.4 is 5.32 Å². The molecule has 10 heteroatoms. The molecule has 1 fully saturated rings. The molecule has 33 heavy (non-hydrogen) atoms. The Labute approximate surface area is 194 Å². The van der Waals surface area contributed by atoms with Crippen molar-refractivity contribution in [2.75, 3.05) is 18.5 Å². The molecule has 3 aromatic rings. The Morgan fingerprint density at radius 2 is 1.94 bits per heavy atom. The van der Waals surface area contributed by atoms with Gasteiger partial charge in [0.25, 0.3) is 17.7 Å². The lowest BCUT2D eigenvalue weighted by atomic mass is 10.1. The maximum Gasteiger partial charge on any atom is 0.261 e. The summed E-state index contributed by atoms with van der Waals surface area (Å²) >= 11 is 1.46. The van der Waals surface area contributed by atoms with Gasteiger partial charge in [-0.25, -0.2) is 0 Å². The Balaban J connectivity index is 1.27. The molecular formula is C23H21N5O4S. The van der Waals surface area contributed by atoms with Gasteiger partial charge in [0.15, 0.2) is 5.16 Å². The Bertz CT molecular complexity index is 1230. The second-order valence-corrected chi connectivity index (χ2v) is 8.96. The van der Waals surface area contributed by atoms with Crippen molar-refractivity contribution >= 4 is 35.2 Å². The van der Waals surface area contributed by atoms with Crippen LogP contribution in [-0.4, -0.2) is 56.6 Å². The molecule has 1 saturated heterocycles. The van der Waals surface area contributed by atoms with Gasteiger partial charge in [-0.2, -0.15) is 0 Å². The normalized spacial score (nSPS) is 17.5. The van der Waals surface area contributed by atoms with Gasteiger partial charge in [-0.05, 0) is 67.1 Å². The van der Waals surface area contributed by atoms with E-state index < -0.39 is 0 Å². The molecule has 168 valence electrons. The van der Waals surface area contributed by atoms with E-state index in [0.29, 0.717) is 23.4 Å². The highest BCUT2D eigenvalue weighted by Gasteiger charge is 2.37. The molecule has 0 spiro atoms. The first-order valence-electron chi connectivity index (χ1n) is 10.5. The number of aromatic nitrogens is 3. The lowest BCUT2D eigenvalue weighted by Gasteiger charge is -2.17. The number of hydrogen-bond acceptors (Lipinski definition) is 7. The van der Waals surface area contributed by atoms with Crippen molar-refractivity contribution in [1.29, 1.82) is 0 Å². The predicted molar refractivity (Wildman–Crippen MR) is 120 cm³/mol. The largest absolute Gasteiger partial charge is 0.376 e. The van der Waals surface area contributed by atoms with Crippen molar-refractivity contribution in [3.8, 4) is 0 Å². The highest BCUT2D eigenvalue weighted by Crippen LogP contribution is 2.28. The van der Waals surface area contributed by atoms with Crippen LogP contribution in [-0.2, 0) is 11.8 Å². The van der Waals surface area contributed by atoms with Gasteiger partial charge in [0.05, 0.1) is 23.8 Å². The van der Waals surface area contributed by atoms with Crippen LogP contribution in [0.3, 0.4) is 0 Å². The molecule has 1 aromatic heterocycles. The van der Waals surface area contributed by atoms with Gasteiger partial charge in [-0.3, -0.25) is 19.3 Å². The molecule has 3 amide bonds. The van der Waals surface area contributed by atoms with E-state index in [4.69, 9.17) is 4.74 Å². The van der Waals surface area contributed by atoms with Gasteiger partial charge in [0, 0.05) is 29.8 Å². The van der Waals surface area contributed by atoms with Crippen molar-refractivity contribution in [3.63, 3.8) is 0 Å². The Kier molecular flexibility index (Phi) is 5.69. The van der Waals surface area contributed by atoms with Gasteiger partial charge in [-0.15, -0.1) is 10.2 Å². The van der Waals surface area contributed by atoms with Crippen LogP contribution in [0.2, 0.25) is 0 Å². The maximum absolute atomic E-state index is 12.8. The summed E-state index contributed by atoms with van der Waals surface area (Å²) in [5.74, 6) is -1.08. The zero-order chi connectivity index (χ0) is 22.9. The van der Waals surface area contributed by atoms with Crippen LogP contribution in [0, 0.1) is 0 Å². The zero-order valence-electron chi connectivity index (χ0n) is 17.9. The molecule has 0 saturated carbocycles. The molecule has 2 aliphatic heterocycles. The lowest BCUT2D eigenvalue weighted by molar-refractivity contribution is 0.0475. The summed E-state index contributed by atoms with van der Waals surface area (Å²) in [6.07, 6.45) is 3.27. The number of carbonyl (C=O) groups is 3. The van der Waals surface area contributed by atoms with Crippen LogP contribution in [0.15, 0.2) is 58.8 Å². The first-order chi connectivity index (χ1) is 16.0. The first kappa shape index (κ1) is 21.4. The van der Waals surface area contributed by atoms with E-state index in [1.54, 1.807) is 30.6 Å². The SMILES string of the molecule is Cn1cnnc1Sc1ccc(NC(=O)c2ccc3c(c2)C(=O)N(CC2CCCO2)C3=O)cc1. The van der Waals surface area contributed by atoms with E-state index in [2.05, 4.69) is 15.5 Å². The predicted octanol–water partition coefficient (Wildman–Crippen LogP) is 2.99. The fraction of sp³-hybridized carbons (Fsp3) is 0.261. The van der Waals surface area contributed by atoms with Crippen LogP contribution in [0.1, 0.15) is 43.9 Å². The summed E-state index contributed by atoms with van der Waals surface area (Å²) in [7, 11) is 1.87. The highest BCUT2D eigenvalue weighted by atomic mass is 32.2. The summed E-state index contributed by atoms with van der Waals surface area (Å²) in [6, 6.07) is 11.9. The standard InChI is InChI=1S/C23H21N5O4S/c1-27-13-24-26-23(27)33-17-7-5-15(6-8-17)25-20(29)14-4-9-18-19(11-14)22(31)28(21(18)30)12-16-3-2-10-32-16/h4-9,11,13,16H,2-3,10,12H2,1H3,(H,25,29). The van der Waals surface area contributed by atoms with Crippen molar-refractivity contribution < 1.29 is 19.1 Å². The average molecular weight is 464 g/mol. The van der Waals surface area contributed by atoms with Crippen molar-refractivity contribution in [2.45, 2.75) is 29.0 Å². The van der Waals surface area contributed by atoms with E-state index in [0.717, 1.165) is 22.9 Å². The number of nitrogens with zero attached hydrogens (tertiary/aromatic N) is 4. The number of ether oxygens (including phenoxy) is 1. The number of anilines is 1. The minimum Gasteiger partial charge on any atom is -0.376 e. The zero-order valence-corrected chi connectivity index (χ0v) is 18.7. The van der Waals surface area contributed by atoms with Gasteiger partial charge in [0.2, 0.25) is 0 Å². The van der Waals surface area contributed by atoms with E-state index >= 15 is 0 Å². The highest BCUT2D eigenvalue weighted by molar-refractivity contribution is 7.99. The summed E-state index contributed by atoms with van der Waals surface area (Å²) in [4.78, 5) is 40.4. The van der Waals surface area contributed by atoms with Crippen LogP contribution in [0.4, 0.5) is 5.69 Å². The fourth-order valence-corrected chi connectivity index (χ4v) is 4.63. The number of hydrogen-bond donors (Lipinski definition) is 1. The van der Waals surface area contributed by atoms with Crippen molar-refractivity contribution in [3.05, 3.63) is 65.5 Å². The van der Waals surface area contributed by atoms with E-state index in [9.17, 15) is 14.4 Å². The molecule has 3 heterocycles. The molecule has 1 unspecified atom stereocenters. The second-order valence-electron chi connectivity index (χ2n) is 7.92. The molecule has 0 radical (unpaired) electrons. The Hall–Kier alpha value is -3.50. The number of aryl methyl sites for hydroxylation is 1. The molecule has 5 rings (SSSR count). The topological polar surface area (TPSA) is 106 Å². The van der Waals surface area contributed by atoms with Gasteiger partial charge >= 0.3 is 0 Å². The molecule has 0 bridgehead atoms. The third-order valence-corrected chi connectivity index (χ3v) is 6.69. The van der Waals surface area contributed by atoms with Crippen molar-refractivity contribution in [2.24, 2.45) is 7.05 Å². The Morgan fingerprint density at radius 3 is 2.64 bits per heavy atom. The number of amides is 3. The fourth-order valence-electron chi connectivity index (χ4n) is 3.87. The number of rotatable bonds is 6. The maximum atomic E-state index is 12.8. The minimum atomic E-state index is -0.384. The minimum absolute atomic E-state index is 0.121. The third kappa shape index (κ3) is 4.27. The average Bonchev–Trinajstić information content (AvgIpc) is 3.53. The van der Waals surface area contributed by atoms with E-state index in [-0.39, 0.29) is 35.9 Å². The lowest BCUT2D eigenvalue weighted by Crippen LogP contribution is -2.36. The molecule has 2 aromatic carbocycles. The molecule has 2 aliphatic rings. The van der Waals surface area contributed by atoms with Crippen LogP contribution >= 0.6 is 11.8 Å². The number of carbonyl (C=O) groups excluding carboxylic acids is 3. The van der Waals surface area contributed by atoms with Crippen LogP contribution in [0.5, 0.6) is 0 Å². The summed E-state index contributed by atoms with van der Waals surface area (Å²) in [5, 5.41) is 11.5. The molecular weight excluding hydrogens is 442 g/mol. The first-order valence-corrected chi connectivity index (χ1v) is 11.4. The molecule has 1 atom stereocenters.